The van der Waals surface area contributed by atoms with Crippen molar-refractivity contribution in [2.75, 3.05) is 45.2 Å². The van der Waals surface area contributed by atoms with E-state index in [2.05, 4.69) is 34.6 Å². The third kappa shape index (κ3) is 4.53. The summed E-state index contributed by atoms with van der Waals surface area (Å²) in [6.07, 6.45) is 0. The van der Waals surface area contributed by atoms with Crippen molar-refractivity contribution in [3.8, 4) is 0 Å². The molecular formula is C17H27N3O2. The average molecular weight is 305 g/mol. The number of ether oxygens (including phenoxy) is 1. The zero-order chi connectivity index (χ0) is 15.9. The molecule has 1 aliphatic rings. The fourth-order valence-electron chi connectivity index (χ4n) is 2.68. The first-order valence-electron chi connectivity index (χ1n) is 7.99. The number of anilines is 1. The molecule has 2 rings (SSSR count). The van der Waals surface area contributed by atoms with Gasteiger partial charge in [0.1, 0.15) is 0 Å². The lowest BCUT2D eigenvalue weighted by Crippen LogP contribution is -2.38. The van der Waals surface area contributed by atoms with Gasteiger partial charge in [-0.1, -0.05) is 19.1 Å². The van der Waals surface area contributed by atoms with Gasteiger partial charge in [-0.15, -0.1) is 0 Å². The zero-order valence-corrected chi connectivity index (χ0v) is 13.8. The first-order valence-corrected chi connectivity index (χ1v) is 7.99. The molecule has 0 aliphatic carbocycles. The molecule has 0 spiro atoms. The lowest BCUT2D eigenvalue weighted by molar-refractivity contribution is -0.119. The van der Waals surface area contributed by atoms with Gasteiger partial charge in [0.2, 0.25) is 5.91 Å². The first-order chi connectivity index (χ1) is 10.6. The maximum atomic E-state index is 12.0. The van der Waals surface area contributed by atoms with Gasteiger partial charge >= 0.3 is 0 Å². The molecular weight excluding hydrogens is 278 g/mol. The molecule has 5 heteroatoms. The lowest BCUT2D eigenvalue weighted by atomic mass is 10.1. The molecule has 22 heavy (non-hydrogen) atoms. The highest BCUT2D eigenvalue weighted by Gasteiger charge is 2.18. The monoisotopic (exact) mass is 305 g/mol. The van der Waals surface area contributed by atoms with Crippen molar-refractivity contribution in [1.82, 2.24) is 10.2 Å². The molecule has 5 nitrogen and oxygen atoms in total. The minimum absolute atomic E-state index is 0.0445. The van der Waals surface area contributed by atoms with Crippen LogP contribution >= 0.6 is 0 Å². The van der Waals surface area contributed by atoms with Crippen molar-refractivity contribution in [2.24, 2.45) is 5.92 Å². The maximum Gasteiger partial charge on any atom is 0.228 e. The second-order valence-electron chi connectivity index (χ2n) is 5.89. The number of rotatable bonds is 6. The van der Waals surface area contributed by atoms with E-state index in [0.717, 1.165) is 32.0 Å². The number of benzene rings is 1. The summed E-state index contributed by atoms with van der Waals surface area (Å²) in [4.78, 5) is 14.4. The summed E-state index contributed by atoms with van der Waals surface area (Å²) in [6.45, 7) is 8.37. The Morgan fingerprint density at radius 1 is 1.23 bits per heavy atom. The molecule has 1 aliphatic heterocycles. The molecule has 0 radical (unpaired) electrons. The van der Waals surface area contributed by atoms with Crippen LogP contribution in [0.2, 0.25) is 0 Å². The summed E-state index contributed by atoms with van der Waals surface area (Å²) in [5, 5.41) is 5.98. The van der Waals surface area contributed by atoms with Gasteiger partial charge in [-0.05, 0) is 31.7 Å². The topological polar surface area (TPSA) is 53.6 Å². The SMILES string of the molecule is CNCC(C)C(=O)Nc1ccc(C(C)N2CCOCC2)cc1. The number of carbonyl (C=O) groups is 1. The Bertz CT molecular complexity index is 469. The molecule has 0 aromatic heterocycles. The van der Waals surface area contributed by atoms with Crippen LogP contribution in [0.3, 0.4) is 0 Å². The normalized spacial score (nSPS) is 18.7. The fourth-order valence-corrected chi connectivity index (χ4v) is 2.68. The molecule has 0 bridgehead atoms. The fraction of sp³-hybridized carbons (Fsp3) is 0.588. The van der Waals surface area contributed by atoms with Crippen LogP contribution in [0, 0.1) is 5.92 Å². The van der Waals surface area contributed by atoms with Gasteiger partial charge in [-0.25, -0.2) is 0 Å². The predicted molar refractivity (Wildman–Crippen MR) is 89.0 cm³/mol. The van der Waals surface area contributed by atoms with E-state index in [1.54, 1.807) is 0 Å². The standard InChI is InChI=1S/C17H27N3O2/c1-13(12-18-3)17(21)19-16-6-4-15(5-7-16)14(2)20-8-10-22-11-9-20/h4-7,13-14,18H,8-12H2,1-3H3,(H,19,21). The summed E-state index contributed by atoms with van der Waals surface area (Å²) in [6, 6.07) is 8.53. The van der Waals surface area contributed by atoms with Crippen LogP contribution < -0.4 is 10.6 Å². The Morgan fingerprint density at radius 2 is 1.86 bits per heavy atom. The van der Waals surface area contributed by atoms with E-state index >= 15 is 0 Å². The van der Waals surface area contributed by atoms with Crippen molar-refractivity contribution in [3.05, 3.63) is 29.8 Å². The third-order valence-electron chi connectivity index (χ3n) is 4.21. The Labute approximate surface area is 133 Å². The van der Waals surface area contributed by atoms with E-state index in [9.17, 15) is 4.79 Å². The quantitative estimate of drug-likeness (QED) is 0.842. The highest BCUT2D eigenvalue weighted by atomic mass is 16.5. The Hall–Kier alpha value is -1.43. The molecule has 2 atom stereocenters. The number of nitrogens with zero attached hydrogens (tertiary/aromatic N) is 1. The second-order valence-corrected chi connectivity index (χ2v) is 5.89. The zero-order valence-electron chi connectivity index (χ0n) is 13.8. The Kier molecular flexibility index (Phi) is 6.36. The van der Waals surface area contributed by atoms with E-state index in [0.29, 0.717) is 12.6 Å². The van der Waals surface area contributed by atoms with Gasteiger partial charge in [-0.2, -0.15) is 0 Å². The molecule has 1 fully saturated rings. The summed E-state index contributed by atoms with van der Waals surface area (Å²) >= 11 is 0. The minimum Gasteiger partial charge on any atom is -0.379 e. The van der Waals surface area contributed by atoms with Crippen LogP contribution in [-0.4, -0.2) is 50.7 Å². The second kappa shape index (κ2) is 8.27. The molecule has 1 aromatic rings. The number of hydrogen-bond acceptors (Lipinski definition) is 4. The van der Waals surface area contributed by atoms with E-state index in [1.807, 2.05) is 26.1 Å². The van der Waals surface area contributed by atoms with Crippen molar-refractivity contribution in [2.45, 2.75) is 19.9 Å². The highest BCUT2D eigenvalue weighted by molar-refractivity contribution is 5.92. The summed E-state index contributed by atoms with van der Waals surface area (Å²) in [7, 11) is 1.85. The van der Waals surface area contributed by atoms with Crippen LogP contribution in [-0.2, 0) is 9.53 Å². The van der Waals surface area contributed by atoms with E-state index < -0.39 is 0 Å². The predicted octanol–water partition coefficient (Wildman–Crippen LogP) is 1.87. The van der Waals surface area contributed by atoms with E-state index in [-0.39, 0.29) is 11.8 Å². The molecule has 0 saturated carbocycles. The van der Waals surface area contributed by atoms with Gasteiger partial charge in [0.25, 0.3) is 0 Å². The van der Waals surface area contributed by atoms with Crippen molar-refractivity contribution in [1.29, 1.82) is 0 Å². The number of hydrogen-bond donors (Lipinski definition) is 2. The van der Waals surface area contributed by atoms with E-state index in [1.165, 1.54) is 5.56 Å². The summed E-state index contributed by atoms with van der Waals surface area (Å²) in [5.41, 5.74) is 2.12. The van der Waals surface area contributed by atoms with Gasteiger partial charge in [0.15, 0.2) is 0 Å². The Balaban J connectivity index is 1.93. The van der Waals surface area contributed by atoms with Crippen LogP contribution in [0.15, 0.2) is 24.3 Å². The largest absolute Gasteiger partial charge is 0.379 e. The molecule has 1 aromatic carbocycles. The van der Waals surface area contributed by atoms with Gasteiger partial charge < -0.3 is 15.4 Å². The van der Waals surface area contributed by atoms with Gasteiger partial charge in [-0.3, -0.25) is 9.69 Å². The summed E-state index contributed by atoms with van der Waals surface area (Å²) in [5.74, 6) is 0.000257. The maximum absolute atomic E-state index is 12.0. The molecule has 2 unspecified atom stereocenters. The molecule has 1 heterocycles. The lowest BCUT2D eigenvalue weighted by Gasteiger charge is -2.32. The van der Waals surface area contributed by atoms with Gasteiger partial charge in [0, 0.05) is 37.3 Å². The number of carbonyl (C=O) groups excluding carboxylic acids is 1. The molecule has 122 valence electrons. The first kappa shape index (κ1) is 16.9. The van der Waals surface area contributed by atoms with Crippen molar-refractivity contribution >= 4 is 11.6 Å². The van der Waals surface area contributed by atoms with Crippen molar-refractivity contribution in [3.63, 3.8) is 0 Å². The van der Waals surface area contributed by atoms with Crippen LogP contribution in [0.5, 0.6) is 0 Å². The smallest absolute Gasteiger partial charge is 0.228 e. The number of morpholine rings is 1. The van der Waals surface area contributed by atoms with Crippen molar-refractivity contribution < 1.29 is 9.53 Å². The minimum atomic E-state index is -0.0445. The van der Waals surface area contributed by atoms with Crippen LogP contribution in [0.25, 0.3) is 0 Å². The molecule has 1 saturated heterocycles. The van der Waals surface area contributed by atoms with Crippen LogP contribution in [0.1, 0.15) is 25.5 Å². The highest BCUT2D eigenvalue weighted by Crippen LogP contribution is 2.22. The van der Waals surface area contributed by atoms with Crippen LogP contribution in [0.4, 0.5) is 5.69 Å². The molecule has 2 N–H and O–H groups in total. The van der Waals surface area contributed by atoms with Gasteiger partial charge in [0.05, 0.1) is 13.2 Å². The number of amides is 1. The molecule has 1 amide bonds. The van der Waals surface area contributed by atoms with E-state index in [4.69, 9.17) is 4.74 Å². The third-order valence-corrected chi connectivity index (χ3v) is 4.21. The Morgan fingerprint density at radius 3 is 2.45 bits per heavy atom. The average Bonchev–Trinajstić information content (AvgIpc) is 2.56. The number of nitrogens with one attached hydrogen (secondary N) is 2. The summed E-state index contributed by atoms with van der Waals surface area (Å²) < 4.78 is 5.40.